The number of para-hydroxylation sites is 1. The fourth-order valence-corrected chi connectivity index (χ4v) is 3.65. The van der Waals surface area contributed by atoms with Crippen molar-refractivity contribution in [3.05, 3.63) is 64.8 Å². The molecule has 4 heteroatoms. The number of hydrogen-bond acceptors (Lipinski definition) is 2. The molecule has 1 aliphatic heterocycles. The van der Waals surface area contributed by atoms with E-state index in [2.05, 4.69) is 34.1 Å². The number of aryl methyl sites for hydroxylation is 1. The average Bonchev–Trinajstić information content (AvgIpc) is 2.95. The Morgan fingerprint density at radius 2 is 1.92 bits per heavy atom. The van der Waals surface area contributed by atoms with Gasteiger partial charge in [0.05, 0.1) is 6.61 Å². The number of nitrogens with one attached hydrogen (secondary N) is 1. The van der Waals surface area contributed by atoms with Crippen LogP contribution in [-0.2, 0) is 19.5 Å². The number of nitrogens with zero attached hydrogens (tertiary/aromatic N) is 1. The maximum absolute atomic E-state index is 5.90. The van der Waals surface area contributed by atoms with Gasteiger partial charge in [-0.1, -0.05) is 29.8 Å². The molecule has 0 amide bonds. The lowest BCUT2D eigenvalue weighted by Gasteiger charge is -2.17. The molecule has 0 fully saturated rings. The fourth-order valence-electron chi connectivity index (χ4n) is 3.53. The van der Waals surface area contributed by atoms with Crippen LogP contribution in [0.25, 0.3) is 10.9 Å². The zero-order valence-corrected chi connectivity index (χ0v) is 14.4. The first-order valence-electron chi connectivity index (χ1n) is 8.51. The first kappa shape index (κ1) is 15.6. The van der Waals surface area contributed by atoms with Crippen LogP contribution in [0.2, 0.25) is 5.02 Å². The molecule has 0 atom stereocenters. The van der Waals surface area contributed by atoms with Gasteiger partial charge in [-0.15, -0.1) is 0 Å². The van der Waals surface area contributed by atoms with E-state index in [1.807, 2.05) is 24.3 Å². The van der Waals surface area contributed by atoms with Crippen LogP contribution in [0.15, 0.2) is 48.5 Å². The normalized spacial score (nSPS) is 13.9. The SMILES string of the molecule is Clc1ccc(OCCCn2c3c(c4ccccc42)CCNC3)cc1. The van der Waals surface area contributed by atoms with E-state index in [4.69, 9.17) is 16.3 Å². The van der Waals surface area contributed by atoms with Gasteiger partial charge in [0.15, 0.2) is 0 Å². The molecule has 4 rings (SSSR count). The number of aromatic nitrogens is 1. The second-order valence-corrected chi connectivity index (χ2v) is 6.61. The van der Waals surface area contributed by atoms with Crippen molar-refractivity contribution in [2.24, 2.45) is 0 Å². The lowest BCUT2D eigenvalue weighted by molar-refractivity contribution is 0.301. The molecule has 0 bridgehead atoms. The third-order valence-electron chi connectivity index (χ3n) is 4.65. The number of ether oxygens (including phenoxy) is 1. The summed E-state index contributed by atoms with van der Waals surface area (Å²) in [6, 6.07) is 16.3. The van der Waals surface area contributed by atoms with Crippen LogP contribution in [0.5, 0.6) is 5.75 Å². The summed E-state index contributed by atoms with van der Waals surface area (Å²) in [6.45, 7) is 3.71. The van der Waals surface area contributed by atoms with E-state index >= 15 is 0 Å². The van der Waals surface area contributed by atoms with Crippen LogP contribution in [0.1, 0.15) is 17.7 Å². The minimum Gasteiger partial charge on any atom is -0.494 e. The predicted molar refractivity (Wildman–Crippen MR) is 98.9 cm³/mol. The molecule has 124 valence electrons. The molecule has 1 N–H and O–H groups in total. The molecular weight excluding hydrogens is 320 g/mol. The molecule has 2 aromatic carbocycles. The molecule has 0 radical (unpaired) electrons. The molecule has 2 heterocycles. The van der Waals surface area contributed by atoms with Crippen LogP contribution >= 0.6 is 11.6 Å². The van der Waals surface area contributed by atoms with E-state index in [0.29, 0.717) is 6.61 Å². The number of fused-ring (bicyclic) bond motifs is 3. The zero-order chi connectivity index (χ0) is 16.4. The predicted octanol–water partition coefficient (Wildman–Crippen LogP) is 4.41. The standard InChI is InChI=1S/C20H21ClN2O/c21-15-6-8-16(9-7-15)24-13-3-12-23-19-5-2-1-4-17(19)18-10-11-22-14-20(18)23/h1-2,4-9,22H,3,10-14H2. The Bertz CT molecular complexity index is 839. The maximum atomic E-state index is 5.90. The largest absolute Gasteiger partial charge is 0.494 e. The van der Waals surface area contributed by atoms with Gasteiger partial charge < -0.3 is 14.6 Å². The highest BCUT2D eigenvalue weighted by atomic mass is 35.5. The van der Waals surface area contributed by atoms with Crippen molar-refractivity contribution in [2.45, 2.75) is 25.9 Å². The van der Waals surface area contributed by atoms with Crippen molar-refractivity contribution in [3.63, 3.8) is 0 Å². The van der Waals surface area contributed by atoms with Crippen LogP contribution in [-0.4, -0.2) is 17.7 Å². The van der Waals surface area contributed by atoms with Crippen LogP contribution in [0.4, 0.5) is 0 Å². The maximum Gasteiger partial charge on any atom is 0.119 e. The second-order valence-electron chi connectivity index (χ2n) is 6.18. The number of halogens is 1. The summed E-state index contributed by atoms with van der Waals surface area (Å²) in [5.41, 5.74) is 4.30. The Labute approximate surface area is 147 Å². The van der Waals surface area contributed by atoms with Gasteiger partial charge in [-0.05, 0) is 55.3 Å². The van der Waals surface area contributed by atoms with Gasteiger partial charge in [0.2, 0.25) is 0 Å². The smallest absolute Gasteiger partial charge is 0.119 e. The van der Waals surface area contributed by atoms with Gasteiger partial charge >= 0.3 is 0 Å². The highest BCUT2D eigenvalue weighted by Gasteiger charge is 2.18. The molecule has 0 saturated carbocycles. The molecular formula is C20H21ClN2O. The lowest BCUT2D eigenvalue weighted by atomic mass is 10.1. The molecule has 0 saturated heterocycles. The van der Waals surface area contributed by atoms with Crippen LogP contribution in [0, 0.1) is 0 Å². The Kier molecular flexibility index (Phi) is 4.46. The molecule has 24 heavy (non-hydrogen) atoms. The number of rotatable bonds is 5. The highest BCUT2D eigenvalue weighted by molar-refractivity contribution is 6.30. The average molecular weight is 341 g/mol. The minimum absolute atomic E-state index is 0.705. The summed E-state index contributed by atoms with van der Waals surface area (Å²) in [5.74, 6) is 0.875. The topological polar surface area (TPSA) is 26.2 Å². The van der Waals surface area contributed by atoms with Crippen molar-refractivity contribution in [1.29, 1.82) is 0 Å². The summed E-state index contributed by atoms with van der Waals surface area (Å²) in [5, 5.41) is 5.65. The van der Waals surface area contributed by atoms with E-state index in [0.717, 1.165) is 43.2 Å². The molecule has 1 aliphatic rings. The van der Waals surface area contributed by atoms with Crippen molar-refractivity contribution in [3.8, 4) is 5.75 Å². The molecule has 1 aromatic heterocycles. The summed E-state index contributed by atoms with van der Waals surface area (Å²) < 4.78 is 8.29. The highest BCUT2D eigenvalue weighted by Crippen LogP contribution is 2.28. The summed E-state index contributed by atoms with van der Waals surface area (Å²) in [6.07, 6.45) is 2.10. The first-order chi connectivity index (χ1) is 11.8. The molecule has 0 unspecified atom stereocenters. The van der Waals surface area contributed by atoms with Crippen LogP contribution < -0.4 is 10.1 Å². The lowest BCUT2D eigenvalue weighted by Crippen LogP contribution is -2.25. The van der Waals surface area contributed by atoms with Gasteiger partial charge in [0.1, 0.15) is 5.75 Å². The van der Waals surface area contributed by atoms with Crippen LogP contribution in [0.3, 0.4) is 0 Å². The van der Waals surface area contributed by atoms with Crippen molar-refractivity contribution >= 4 is 22.5 Å². The third-order valence-corrected chi connectivity index (χ3v) is 4.90. The van der Waals surface area contributed by atoms with Gasteiger partial charge in [0, 0.05) is 34.7 Å². The third kappa shape index (κ3) is 3.02. The van der Waals surface area contributed by atoms with Crippen molar-refractivity contribution in [2.75, 3.05) is 13.2 Å². The van der Waals surface area contributed by atoms with E-state index in [1.165, 1.54) is 22.2 Å². The van der Waals surface area contributed by atoms with Gasteiger partial charge in [-0.25, -0.2) is 0 Å². The molecule has 3 nitrogen and oxygen atoms in total. The quantitative estimate of drug-likeness (QED) is 0.696. The zero-order valence-electron chi connectivity index (χ0n) is 13.6. The summed E-state index contributed by atoms with van der Waals surface area (Å²) in [4.78, 5) is 0. The van der Waals surface area contributed by atoms with E-state index in [-0.39, 0.29) is 0 Å². The second kappa shape index (κ2) is 6.88. The van der Waals surface area contributed by atoms with Crippen molar-refractivity contribution in [1.82, 2.24) is 9.88 Å². The Hall–Kier alpha value is -1.97. The summed E-state index contributed by atoms with van der Waals surface area (Å²) >= 11 is 5.90. The number of hydrogen-bond donors (Lipinski definition) is 1. The molecule has 3 aromatic rings. The monoisotopic (exact) mass is 340 g/mol. The first-order valence-corrected chi connectivity index (χ1v) is 8.89. The van der Waals surface area contributed by atoms with Gasteiger partial charge in [-0.2, -0.15) is 0 Å². The molecule has 0 aliphatic carbocycles. The molecule has 0 spiro atoms. The van der Waals surface area contributed by atoms with Gasteiger partial charge in [0.25, 0.3) is 0 Å². The van der Waals surface area contributed by atoms with Gasteiger partial charge in [-0.3, -0.25) is 0 Å². The number of benzene rings is 2. The van der Waals surface area contributed by atoms with Crippen molar-refractivity contribution < 1.29 is 4.74 Å². The minimum atomic E-state index is 0.705. The summed E-state index contributed by atoms with van der Waals surface area (Å²) in [7, 11) is 0. The van der Waals surface area contributed by atoms with E-state index in [1.54, 1.807) is 0 Å². The fraction of sp³-hybridized carbons (Fsp3) is 0.300. The Morgan fingerprint density at radius 3 is 2.79 bits per heavy atom. The van der Waals surface area contributed by atoms with E-state index < -0.39 is 0 Å². The Morgan fingerprint density at radius 1 is 1.08 bits per heavy atom. The van der Waals surface area contributed by atoms with E-state index in [9.17, 15) is 0 Å². The Balaban J connectivity index is 1.47.